The maximum absolute atomic E-state index is 4.46. The van der Waals surface area contributed by atoms with E-state index in [1.165, 1.54) is 50.6 Å². The van der Waals surface area contributed by atoms with E-state index in [4.69, 9.17) is 0 Å². The van der Waals surface area contributed by atoms with Crippen molar-refractivity contribution in [3.63, 3.8) is 0 Å². The highest BCUT2D eigenvalue weighted by Crippen LogP contribution is 2.31. The van der Waals surface area contributed by atoms with E-state index in [9.17, 15) is 0 Å². The van der Waals surface area contributed by atoms with E-state index < -0.39 is 0 Å². The monoisotopic (exact) mass is 287 g/mol. The summed E-state index contributed by atoms with van der Waals surface area (Å²) in [5, 5.41) is 8.18. The Labute approximate surface area is 128 Å². The smallest absolute Gasteiger partial charge is 0.0610 e. The van der Waals surface area contributed by atoms with Crippen molar-refractivity contribution in [3.05, 3.63) is 23.5 Å². The summed E-state index contributed by atoms with van der Waals surface area (Å²) >= 11 is 0. The van der Waals surface area contributed by atoms with E-state index >= 15 is 0 Å². The summed E-state index contributed by atoms with van der Waals surface area (Å²) < 4.78 is 2.15. The quantitative estimate of drug-likeness (QED) is 0.821. The highest BCUT2D eigenvalue weighted by molar-refractivity contribution is 5.50. The maximum atomic E-state index is 4.46. The first-order chi connectivity index (χ1) is 10.4. The van der Waals surface area contributed by atoms with Gasteiger partial charge in [0.05, 0.1) is 5.69 Å². The van der Waals surface area contributed by atoms with Gasteiger partial charge in [0.25, 0.3) is 0 Å². The molecule has 3 heteroatoms. The van der Waals surface area contributed by atoms with Gasteiger partial charge in [0, 0.05) is 25.3 Å². The minimum Gasteiger partial charge on any atom is -0.310 e. The number of aromatic nitrogens is 2. The molecule has 0 atom stereocenters. The molecular weight excluding hydrogens is 258 g/mol. The lowest BCUT2D eigenvalue weighted by Gasteiger charge is -2.25. The summed E-state index contributed by atoms with van der Waals surface area (Å²) in [6.45, 7) is 4.31. The average Bonchev–Trinajstić information content (AvgIpc) is 3.25. The summed E-state index contributed by atoms with van der Waals surface area (Å²) in [5.74, 6) is 0.787. The lowest BCUT2D eigenvalue weighted by molar-refractivity contribution is 0.396. The van der Waals surface area contributed by atoms with Gasteiger partial charge < -0.3 is 5.32 Å². The highest BCUT2D eigenvalue weighted by Gasteiger charge is 2.23. The van der Waals surface area contributed by atoms with E-state index in [-0.39, 0.29) is 0 Å². The fraction of sp³-hybridized carbons (Fsp3) is 0.722. The second kappa shape index (κ2) is 7.26. The standard InChI is InChI=1S/C18H29N3/c1-2-12-21-18(10-11-20-21)13-16(14-19-17-8-9-17)15-6-4-3-5-7-15/h10-11,13,15,17,19H,2-9,12,14H2,1H3/b16-13-. The van der Waals surface area contributed by atoms with Crippen molar-refractivity contribution in [1.29, 1.82) is 0 Å². The number of aryl methyl sites for hydroxylation is 1. The second-order valence-corrected chi connectivity index (χ2v) is 6.69. The van der Waals surface area contributed by atoms with Gasteiger partial charge >= 0.3 is 0 Å². The van der Waals surface area contributed by atoms with Gasteiger partial charge in [-0.3, -0.25) is 4.68 Å². The van der Waals surface area contributed by atoms with Crippen LogP contribution in [0.2, 0.25) is 0 Å². The molecule has 3 nitrogen and oxygen atoms in total. The largest absolute Gasteiger partial charge is 0.310 e. The van der Waals surface area contributed by atoms with Gasteiger partial charge in [0.1, 0.15) is 0 Å². The number of rotatable bonds is 7. The van der Waals surface area contributed by atoms with Crippen LogP contribution in [0.4, 0.5) is 0 Å². The summed E-state index contributed by atoms with van der Waals surface area (Å²) in [5.41, 5.74) is 2.90. The molecule has 1 aromatic heterocycles. The minimum absolute atomic E-state index is 0.787. The molecular formula is C18H29N3. The Morgan fingerprint density at radius 1 is 1.29 bits per heavy atom. The predicted molar refractivity (Wildman–Crippen MR) is 88.1 cm³/mol. The van der Waals surface area contributed by atoms with Crippen molar-refractivity contribution in [2.75, 3.05) is 6.54 Å². The van der Waals surface area contributed by atoms with Gasteiger partial charge in [0.15, 0.2) is 0 Å². The van der Waals surface area contributed by atoms with Crippen LogP contribution in [0.5, 0.6) is 0 Å². The fourth-order valence-corrected chi connectivity index (χ4v) is 3.39. The third-order valence-electron chi connectivity index (χ3n) is 4.82. The summed E-state index contributed by atoms with van der Waals surface area (Å²) in [7, 11) is 0. The summed E-state index contributed by atoms with van der Waals surface area (Å²) in [4.78, 5) is 0. The molecule has 1 aromatic rings. The normalized spacial score (nSPS) is 20.9. The molecule has 0 saturated heterocycles. The Bertz CT molecular complexity index is 465. The van der Waals surface area contributed by atoms with E-state index in [0.29, 0.717) is 0 Å². The van der Waals surface area contributed by atoms with Gasteiger partial charge in [0.2, 0.25) is 0 Å². The van der Waals surface area contributed by atoms with Crippen LogP contribution in [0.3, 0.4) is 0 Å². The van der Waals surface area contributed by atoms with Crippen LogP contribution in [-0.2, 0) is 6.54 Å². The van der Waals surface area contributed by atoms with E-state index in [1.807, 2.05) is 6.20 Å². The van der Waals surface area contributed by atoms with Crippen LogP contribution in [0.15, 0.2) is 17.8 Å². The molecule has 1 N–H and O–H groups in total. The Balaban J connectivity index is 1.74. The molecule has 0 unspecified atom stereocenters. The zero-order chi connectivity index (χ0) is 14.5. The molecule has 2 aliphatic rings. The highest BCUT2D eigenvalue weighted by atomic mass is 15.3. The van der Waals surface area contributed by atoms with Crippen LogP contribution in [0, 0.1) is 5.92 Å². The molecule has 0 radical (unpaired) electrons. The summed E-state index contributed by atoms with van der Waals surface area (Å²) in [6, 6.07) is 2.95. The molecule has 0 spiro atoms. The first-order valence-electron chi connectivity index (χ1n) is 8.82. The number of hydrogen-bond acceptors (Lipinski definition) is 2. The van der Waals surface area contributed by atoms with Crippen molar-refractivity contribution < 1.29 is 0 Å². The average molecular weight is 287 g/mol. The Kier molecular flexibility index (Phi) is 5.13. The van der Waals surface area contributed by atoms with Gasteiger partial charge in [-0.15, -0.1) is 0 Å². The second-order valence-electron chi connectivity index (χ2n) is 6.69. The first-order valence-corrected chi connectivity index (χ1v) is 8.82. The molecule has 21 heavy (non-hydrogen) atoms. The molecule has 2 fully saturated rings. The number of hydrogen-bond donors (Lipinski definition) is 1. The minimum atomic E-state index is 0.787. The maximum Gasteiger partial charge on any atom is 0.0610 e. The van der Waals surface area contributed by atoms with Crippen LogP contribution in [0.1, 0.15) is 64.0 Å². The SMILES string of the molecule is CCCn1nccc1/C=C(/CNC1CC1)C1CCCCC1. The van der Waals surface area contributed by atoms with Crippen molar-refractivity contribution in [3.8, 4) is 0 Å². The first kappa shape index (κ1) is 14.8. The van der Waals surface area contributed by atoms with Gasteiger partial charge in [-0.2, -0.15) is 5.10 Å². The summed E-state index contributed by atoms with van der Waals surface area (Å²) in [6.07, 6.45) is 15.2. The predicted octanol–water partition coefficient (Wildman–Crippen LogP) is 4.01. The molecule has 3 rings (SSSR count). The van der Waals surface area contributed by atoms with Gasteiger partial charge in [-0.25, -0.2) is 0 Å². The lowest BCUT2D eigenvalue weighted by Crippen LogP contribution is -2.24. The third kappa shape index (κ3) is 4.19. The van der Waals surface area contributed by atoms with E-state index in [0.717, 1.165) is 31.5 Å². The molecule has 2 aliphatic carbocycles. The van der Waals surface area contributed by atoms with Crippen LogP contribution in [-0.4, -0.2) is 22.4 Å². The zero-order valence-electron chi connectivity index (χ0n) is 13.4. The Hall–Kier alpha value is -1.09. The molecule has 0 aliphatic heterocycles. The van der Waals surface area contributed by atoms with Crippen LogP contribution in [0.25, 0.3) is 6.08 Å². The third-order valence-corrected chi connectivity index (χ3v) is 4.82. The zero-order valence-corrected chi connectivity index (χ0v) is 13.4. The van der Waals surface area contributed by atoms with Crippen LogP contribution >= 0.6 is 0 Å². The van der Waals surface area contributed by atoms with E-state index in [1.54, 1.807) is 5.57 Å². The molecule has 0 amide bonds. The van der Waals surface area contributed by atoms with Gasteiger partial charge in [-0.1, -0.05) is 31.8 Å². The fourth-order valence-electron chi connectivity index (χ4n) is 3.39. The number of nitrogens with one attached hydrogen (secondary N) is 1. The van der Waals surface area contributed by atoms with Crippen molar-refractivity contribution in [2.45, 2.75) is 70.9 Å². The van der Waals surface area contributed by atoms with E-state index in [2.05, 4.69) is 34.2 Å². The van der Waals surface area contributed by atoms with Crippen molar-refractivity contribution in [1.82, 2.24) is 15.1 Å². The molecule has 0 aromatic carbocycles. The van der Waals surface area contributed by atoms with Crippen LogP contribution < -0.4 is 5.32 Å². The van der Waals surface area contributed by atoms with Gasteiger partial charge in [-0.05, 0) is 50.2 Å². The topological polar surface area (TPSA) is 29.9 Å². The number of nitrogens with zero attached hydrogens (tertiary/aromatic N) is 2. The van der Waals surface area contributed by atoms with Crippen molar-refractivity contribution >= 4 is 6.08 Å². The molecule has 1 heterocycles. The molecule has 116 valence electrons. The molecule has 0 bridgehead atoms. The van der Waals surface area contributed by atoms with Crippen molar-refractivity contribution in [2.24, 2.45) is 5.92 Å². The lowest BCUT2D eigenvalue weighted by atomic mass is 9.83. The molecule has 2 saturated carbocycles. The Morgan fingerprint density at radius 3 is 2.81 bits per heavy atom. The Morgan fingerprint density at radius 2 is 2.10 bits per heavy atom.